The largest absolute Gasteiger partial charge is 0.308 e. The number of hydrogen-bond acceptors (Lipinski definition) is 2. The van der Waals surface area contributed by atoms with E-state index in [2.05, 4.69) is 192 Å². The van der Waals surface area contributed by atoms with Crippen LogP contribution in [0.25, 0.3) is 115 Å². The van der Waals surface area contributed by atoms with E-state index in [1.54, 1.807) is 0 Å². The van der Waals surface area contributed by atoms with Gasteiger partial charge in [0.15, 0.2) is 0 Å². The number of allylic oxidation sites excluding steroid dienone is 5. The molecule has 0 spiro atoms. The van der Waals surface area contributed by atoms with Crippen LogP contribution in [0.5, 0.6) is 0 Å². The van der Waals surface area contributed by atoms with Crippen LogP contribution < -0.4 is 0 Å². The molecule has 266 valence electrons. The Kier molecular flexibility index (Phi) is 6.67. The third kappa shape index (κ3) is 4.44. The molecule has 0 aliphatic rings. The minimum atomic E-state index is 0.645. The Morgan fingerprint density at radius 1 is 0.544 bits per heavy atom. The quantitative estimate of drug-likeness (QED) is 0.131. The first-order valence-electron chi connectivity index (χ1n) is 19.5. The first-order valence-corrected chi connectivity index (χ1v) is 19.5. The summed E-state index contributed by atoms with van der Waals surface area (Å²) in [6, 6.07) is 55.0. The number of aromatic nitrogens is 4. The van der Waals surface area contributed by atoms with Gasteiger partial charge >= 0.3 is 0 Å². The summed E-state index contributed by atoms with van der Waals surface area (Å²) in [5, 5.41) is 13.2. The molecular weight excluding hydrogens is 693 g/mol. The van der Waals surface area contributed by atoms with Crippen molar-refractivity contribution in [2.24, 2.45) is 0 Å². The standard InChI is InChI=1S/C53H34N4/c1-3-13-32(14-4-2)35-27-28-47-43(29-35)49-48(31-42-38-17-8-11-21-45(38)56-46-22-12-9-19-40(46)50(49)52(42)56)57(47)53-54-44-20-10-7-18-39(44)51(55-53)36-26-25-34-24-23-33-15-5-6-16-37(33)41(34)30-36/h3-31H,1H2,2H3/b14-4-,32-13+. The summed E-state index contributed by atoms with van der Waals surface area (Å²) >= 11 is 0. The first kappa shape index (κ1) is 31.8. The molecule has 4 nitrogen and oxygen atoms in total. The summed E-state index contributed by atoms with van der Waals surface area (Å²) in [4.78, 5) is 11.0. The van der Waals surface area contributed by atoms with Crippen molar-refractivity contribution in [1.29, 1.82) is 0 Å². The second-order valence-electron chi connectivity index (χ2n) is 14.9. The zero-order valence-corrected chi connectivity index (χ0v) is 31.2. The summed E-state index contributed by atoms with van der Waals surface area (Å²) in [5.74, 6) is 0.645. The van der Waals surface area contributed by atoms with E-state index in [4.69, 9.17) is 9.97 Å². The number of benzene rings is 8. The summed E-state index contributed by atoms with van der Waals surface area (Å²) in [7, 11) is 0. The summed E-state index contributed by atoms with van der Waals surface area (Å²) in [6.45, 7) is 6.09. The molecule has 0 N–H and O–H groups in total. The van der Waals surface area contributed by atoms with Gasteiger partial charge in [0.1, 0.15) is 0 Å². The second kappa shape index (κ2) is 12.0. The van der Waals surface area contributed by atoms with E-state index in [9.17, 15) is 0 Å². The van der Waals surface area contributed by atoms with Gasteiger partial charge in [-0.3, -0.25) is 4.57 Å². The van der Waals surface area contributed by atoms with Crippen LogP contribution in [0.1, 0.15) is 12.5 Å². The Bertz CT molecular complexity index is 3720. The molecule has 8 aromatic carbocycles. The lowest BCUT2D eigenvalue weighted by Gasteiger charge is -2.13. The lowest BCUT2D eigenvalue weighted by atomic mass is 9.98. The van der Waals surface area contributed by atoms with Gasteiger partial charge in [0, 0.05) is 43.3 Å². The minimum Gasteiger partial charge on any atom is -0.308 e. The average Bonchev–Trinajstić information content (AvgIpc) is 3.90. The topological polar surface area (TPSA) is 35.1 Å². The van der Waals surface area contributed by atoms with Gasteiger partial charge in [-0.05, 0) is 82.1 Å². The maximum atomic E-state index is 5.57. The average molecular weight is 727 g/mol. The third-order valence-electron chi connectivity index (χ3n) is 11.9. The van der Waals surface area contributed by atoms with E-state index in [1.807, 2.05) is 6.08 Å². The van der Waals surface area contributed by atoms with Crippen molar-refractivity contribution in [2.75, 3.05) is 0 Å². The fraction of sp³-hybridized carbons (Fsp3) is 0.0189. The summed E-state index contributed by atoms with van der Waals surface area (Å²) < 4.78 is 4.76. The number of hydrogen-bond donors (Lipinski definition) is 0. The van der Waals surface area contributed by atoms with Crippen LogP contribution in [-0.4, -0.2) is 18.9 Å². The molecule has 0 unspecified atom stereocenters. The van der Waals surface area contributed by atoms with Crippen LogP contribution >= 0.6 is 0 Å². The van der Waals surface area contributed by atoms with E-state index < -0.39 is 0 Å². The van der Waals surface area contributed by atoms with Crippen LogP contribution in [0.2, 0.25) is 0 Å². The minimum absolute atomic E-state index is 0.645. The van der Waals surface area contributed by atoms with Crippen LogP contribution in [0, 0.1) is 0 Å². The Balaban J connectivity index is 1.24. The molecule has 0 radical (unpaired) electrons. The van der Waals surface area contributed by atoms with E-state index in [-0.39, 0.29) is 0 Å². The summed E-state index contributed by atoms with van der Waals surface area (Å²) in [6.07, 6.45) is 8.18. The predicted molar refractivity (Wildman–Crippen MR) is 242 cm³/mol. The Labute approximate surface area is 327 Å². The summed E-state index contributed by atoms with van der Waals surface area (Å²) in [5.41, 5.74) is 10.9. The highest BCUT2D eigenvalue weighted by atomic mass is 15.2. The van der Waals surface area contributed by atoms with Gasteiger partial charge in [-0.15, -0.1) is 0 Å². The van der Waals surface area contributed by atoms with Gasteiger partial charge in [-0.2, -0.15) is 0 Å². The fourth-order valence-electron chi connectivity index (χ4n) is 9.50. The first-order chi connectivity index (χ1) is 28.2. The number of nitrogens with zero attached hydrogens (tertiary/aromatic N) is 4. The molecule has 0 atom stereocenters. The fourth-order valence-corrected chi connectivity index (χ4v) is 9.50. The molecule has 12 rings (SSSR count). The van der Waals surface area contributed by atoms with Gasteiger partial charge in [-0.1, -0.05) is 140 Å². The molecule has 0 amide bonds. The van der Waals surface area contributed by atoms with Crippen molar-refractivity contribution in [2.45, 2.75) is 6.92 Å². The Morgan fingerprint density at radius 3 is 2.07 bits per heavy atom. The number of fused-ring (bicyclic) bond motifs is 14. The monoisotopic (exact) mass is 726 g/mol. The zero-order chi connectivity index (χ0) is 37.8. The molecule has 0 fully saturated rings. The van der Waals surface area contributed by atoms with Gasteiger partial charge in [-0.25, -0.2) is 9.97 Å². The van der Waals surface area contributed by atoms with Crippen molar-refractivity contribution in [3.8, 4) is 17.2 Å². The van der Waals surface area contributed by atoms with Crippen molar-refractivity contribution in [1.82, 2.24) is 18.9 Å². The normalized spacial score (nSPS) is 12.8. The van der Waals surface area contributed by atoms with Crippen molar-refractivity contribution >= 4 is 97.9 Å². The Morgan fingerprint density at radius 2 is 1.25 bits per heavy atom. The highest BCUT2D eigenvalue weighted by Crippen LogP contribution is 2.47. The van der Waals surface area contributed by atoms with E-state index in [1.165, 1.54) is 65.0 Å². The molecule has 0 aliphatic heterocycles. The van der Waals surface area contributed by atoms with Crippen LogP contribution in [-0.2, 0) is 0 Å². The molecule has 4 heteroatoms. The van der Waals surface area contributed by atoms with Crippen molar-refractivity contribution in [3.63, 3.8) is 0 Å². The smallest absolute Gasteiger partial charge is 0.235 e. The number of rotatable bonds is 5. The van der Waals surface area contributed by atoms with Crippen LogP contribution in [0.15, 0.2) is 183 Å². The molecule has 0 bridgehead atoms. The van der Waals surface area contributed by atoms with Crippen LogP contribution in [0.4, 0.5) is 0 Å². The lowest BCUT2D eigenvalue weighted by molar-refractivity contribution is 1.01. The van der Waals surface area contributed by atoms with Crippen molar-refractivity contribution in [3.05, 3.63) is 188 Å². The molecule has 0 aliphatic carbocycles. The highest BCUT2D eigenvalue weighted by Gasteiger charge is 2.25. The SMILES string of the molecule is C=C/C=C(\C=C/C)c1ccc2c(c1)c1c3c4ccccc4n4c5ccccc5c(cc1n2-c1nc(-c2ccc5ccc6ccccc6c5c2)c2ccccc2n1)c34. The molecule has 0 saturated heterocycles. The van der Waals surface area contributed by atoms with Crippen molar-refractivity contribution < 1.29 is 0 Å². The maximum Gasteiger partial charge on any atom is 0.235 e. The van der Waals surface area contributed by atoms with Gasteiger partial charge in [0.05, 0.1) is 38.8 Å². The van der Waals surface area contributed by atoms with Gasteiger partial charge in [0.25, 0.3) is 0 Å². The third-order valence-corrected chi connectivity index (χ3v) is 11.9. The molecule has 57 heavy (non-hydrogen) atoms. The van der Waals surface area contributed by atoms with Crippen LogP contribution in [0.3, 0.4) is 0 Å². The molecule has 4 heterocycles. The zero-order valence-electron chi connectivity index (χ0n) is 31.2. The Hall–Kier alpha value is -7.56. The maximum absolute atomic E-state index is 5.57. The molecule has 12 aromatic rings. The lowest BCUT2D eigenvalue weighted by Crippen LogP contribution is -2.03. The molecular formula is C53H34N4. The van der Waals surface area contributed by atoms with E-state index >= 15 is 0 Å². The predicted octanol–water partition coefficient (Wildman–Crippen LogP) is 14.0. The van der Waals surface area contributed by atoms with Gasteiger partial charge < -0.3 is 4.40 Å². The molecule has 0 saturated carbocycles. The molecule has 4 aromatic heterocycles. The van der Waals surface area contributed by atoms with E-state index in [0.717, 1.165) is 49.7 Å². The van der Waals surface area contributed by atoms with Gasteiger partial charge in [0.2, 0.25) is 5.95 Å². The highest BCUT2D eigenvalue weighted by molar-refractivity contribution is 6.35. The second-order valence-corrected chi connectivity index (χ2v) is 14.9. The van der Waals surface area contributed by atoms with E-state index in [0.29, 0.717) is 5.95 Å². The number of para-hydroxylation sites is 3.